The molecule has 4 unspecified atom stereocenters. The van der Waals surface area contributed by atoms with E-state index in [1.807, 2.05) is 0 Å². The number of nitrogens with one attached hydrogen (secondary N) is 1. The van der Waals surface area contributed by atoms with E-state index in [9.17, 15) is 0 Å². The van der Waals surface area contributed by atoms with E-state index in [0.717, 1.165) is 18.0 Å². The van der Waals surface area contributed by atoms with Crippen molar-refractivity contribution in [3.63, 3.8) is 0 Å². The Labute approximate surface area is 132 Å². The minimum Gasteiger partial charge on any atom is -0.311 e. The van der Waals surface area contributed by atoms with Gasteiger partial charge in [0.1, 0.15) is 0 Å². The van der Waals surface area contributed by atoms with Crippen molar-refractivity contribution >= 4 is 0 Å². The average Bonchev–Trinajstić information content (AvgIpc) is 2.69. The second-order valence-corrected chi connectivity index (χ2v) is 9.09. The lowest BCUT2D eigenvalue weighted by atomic mass is 9.69. The van der Waals surface area contributed by atoms with Crippen LogP contribution in [0.2, 0.25) is 0 Å². The number of nitrogens with zero attached hydrogens (tertiary/aromatic N) is 1. The van der Waals surface area contributed by atoms with Crippen molar-refractivity contribution in [1.82, 2.24) is 10.2 Å². The fraction of sp³-hybridized carbons (Fsp3) is 1.00. The summed E-state index contributed by atoms with van der Waals surface area (Å²) in [5.41, 5.74) is 1.07. The van der Waals surface area contributed by atoms with Gasteiger partial charge in [-0.2, -0.15) is 0 Å². The molecule has 0 aromatic heterocycles. The lowest BCUT2D eigenvalue weighted by Crippen LogP contribution is -2.48. The predicted molar refractivity (Wildman–Crippen MR) is 90.5 cm³/mol. The van der Waals surface area contributed by atoms with Crippen LogP contribution in [0.5, 0.6) is 0 Å². The summed E-state index contributed by atoms with van der Waals surface area (Å²) in [4.78, 5) is 2.66. The molecular formula is C19H36N2. The molecule has 2 aliphatic carbocycles. The fourth-order valence-electron chi connectivity index (χ4n) is 5.54. The van der Waals surface area contributed by atoms with Gasteiger partial charge in [0.2, 0.25) is 0 Å². The predicted octanol–water partition coefficient (Wildman–Crippen LogP) is 4.05. The van der Waals surface area contributed by atoms with E-state index in [1.165, 1.54) is 51.6 Å². The fourth-order valence-corrected chi connectivity index (χ4v) is 5.54. The van der Waals surface area contributed by atoms with Crippen LogP contribution in [-0.2, 0) is 0 Å². The van der Waals surface area contributed by atoms with Crippen molar-refractivity contribution in [1.29, 1.82) is 0 Å². The Kier molecular flexibility index (Phi) is 4.16. The van der Waals surface area contributed by atoms with Gasteiger partial charge in [-0.25, -0.2) is 0 Å². The maximum absolute atomic E-state index is 4.12. The molecule has 3 aliphatic rings. The highest BCUT2D eigenvalue weighted by Gasteiger charge is 2.61. The molecule has 1 aliphatic heterocycles. The van der Waals surface area contributed by atoms with Crippen molar-refractivity contribution in [2.75, 3.05) is 13.1 Å². The first-order valence-corrected chi connectivity index (χ1v) is 9.34. The van der Waals surface area contributed by atoms with E-state index in [-0.39, 0.29) is 0 Å². The van der Waals surface area contributed by atoms with Crippen molar-refractivity contribution < 1.29 is 0 Å². The molecule has 2 bridgehead atoms. The Bertz CT molecular complexity index is 376. The molecule has 0 aromatic rings. The van der Waals surface area contributed by atoms with E-state index in [0.29, 0.717) is 16.9 Å². The first kappa shape index (κ1) is 15.8. The summed E-state index contributed by atoms with van der Waals surface area (Å²) in [6.07, 6.45) is 8.41. The van der Waals surface area contributed by atoms with Gasteiger partial charge in [0.25, 0.3) is 0 Å². The zero-order chi connectivity index (χ0) is 15.3. The molecule has 122 valence electrons. The normalized spacial score (nSPS) is 43.4. The van der Waals surface area contributed by atoms with Gasteiger partial charge < -0.3 is 10.2 Å². The maximum atomic E-state index is 4.12. The van der Waals surface area contributed by atoms with Crippen molar-refractivity contribution in [3.05, 3.63) is 0 Å². The molecule has 2 heteroatoms. The smallest absolute Gasteiger partial charge is 0.0131 e. The molecule has 3 rings (SSSR count). The molecule has 0 spiro atoms. The second-order valence-electron chi connectivity index (χ2n) is 9.09. The van der Waals surface area contributed by atoms with Gasteiger partial charge in [-0.05, 0) is 82.2 Å². The van der Waals surface area contributed by atoms with Gasteiger partial charge in [0, 0.05) is 18.1 Å². The monoisotopic (exact) mass is 292 g/mol. The lowest BCUT2D eigenvalue weighted by Gasteiger charge is -2.41. The third-order valence-electron chi connectivity index (χ3n) is 7.72. The molecule has 0 aromatic carbocycles. The van der Waals surface area contributed by atoms with Crippen LogP contribution in [0.4, 0.5) is 0 Å². The van der Waals surface area contributed by atoms with Gasteiger partial charge in [-0.15, -0.1) is 0 Å². The molecule has 1 N–H and O–H groups in total. The summed E-state index contributed by atoms with van der Waals surface area (Å²) in [7, 11) is 0. The summed E-state index contributed by atoms with van der Waals surface area (Å²) in [6, 6.07) is 2.23. The molecule has 2 saturated carbocycles. The third kappa shape index (κ3) is 2.57. The molecule has 4 atom stereocenters. The Morgan fingerprint density at radius 3 is 2.38 bits per heavy atom. The molecule has 0 radical (unpaired) electrons. The van der Waals surface area contributed by atoms with Crippen LogP contribution < -0.4 is 5.32 Å². The number of hydrogen-bond acceptors (Lipinski definition) is 2. The Balaban J connectivity index is 1.61. The molecule has 0 amide bonds. The molecule has 2 nitrogen and oxygen atoms in total. The van der Waals surface area contributed by atoms with Crippen LogP contribution in [0.3, 0.4) is 0 Å². The number of fused-ring (bicyclic) bond motifs is 2. The summed E-state index contributed by atoms with van der Waals surface area (Å²) < 4.78 is 0. The summed E-state index contributed by atoms with van der Waals surface area (Å²) in [5, 5.41) is 4.12. The highest BCUT2D eigenvalue weighted by Crippen LogP contribution is 2.65. The summed E-state index contributed by atoms with van der Waals surface area (Å²) in [6.45, 7) is 14.9. The summed E-state index contributed by atoms with van der Waals surface area (Å²) >= 11 is 0. The van der Waals surface area contributed by atoms with Crippen molar-refractivity contribution in [2.24, 2.45) is 16.7 Å². The van der Waals surface area contributed by atoms with Gasteiger partial charge in [-0.3, -0.25) is 0 Å². The Morgan fingerprint density at radius 1 is 1.05 bits per heavy atom. The molecule has 1 heterocycles. The molecular weight excluding hydrogens is 256 g/mol. The highest BCUT2D eigenvalue weighted by molar-refractivity contribution is 5.13. The van der Waals surface area contributed by atoms with Crippen molar-refractivity contribution in [3.8, 4) is 0 Å². The zero-order valence-corrected chi connectivity index (χ0v) is 14.9. The number of rotatable bonds is 3. The van der Waals surface area contributed by atoms with Crippen LogP contribution >= 0.6 is 0 Å². The average molecular weight is 293 g/mol. The third-order valence-corrected chi connectivity index (χ3v) is 7.72. The van der Waals surface area contributed by atoms with Gasteiger partial charge in [-0.1, -0.05) is 20.8 Å². The molecule has 21 heavy (non-hydrogen) atoms. The molecule has 1 saturated heterocycles. The van der Waals surface area contributed by atoms with E-state index in [4.69, 9.17) is 0 Å². The zero-order valence-electron chi connectivity index (χ0n) is 14.9. The van der Waals surface area contributed by atoms with E-state index in [2.05, 4.69) is 44.8 Å². The maximum Gasteiger partial charge on any atom is 0.0131 e. The number of hydrogen-bond donors (Lipinski definition) is 1. The molecule has 3 fully saturated rings. The van der Waals surface area contributed by atoms with Gasteiger partial charge in [0.15, 0.2) is 0 Å². The van der Waals surface area contributed by atoms with Crippen LogP contribution in [0.1, 0.15) is 73.1 Å². The van der Waals surface area contributed by atoms with Gasteiger partial charge >= 0.3 is 0 Å². The van der Waals surface area contributed by atoms with E-state index < -0.39 is 0 Å². The minimum absolute atomic E-state index is 0.529. The SMILES string of the molecule is CC(C)N1CCCC(NC2CC3CCC2(C)C3(C)C)CC1. The van der Waals surface area contributed by atoms with E-state index in [1.54, 1.807) is 0 Å². The number of likely N-dealkylation sites (tertiary alicyclic amines) is 1. The Morgan fingerprint density at radius 2 is 1.81 bits per heavy atom. The first-order chi connectivity index (χ1) is 9.84. The Hall–Kier alpha value is -0.0800. The quantitative estimate of drug-likeness (QED) is 0.844. The van der Waals surface area contributed by atoms with E-state index >= 15 is 0 Å². The van der Waals surface area contributed by atoms with Crippen molar-refractivity contribution in [2.45, 2.75) is 91.3 Å². The van der Waals surface area contributed by atoms with Crippen LogP contribution in [0.25, 0.3) is 0 Å². The summed E-state index contributed by atoms with van der Waals surface area (Å²) in [5.74, 6) is 0.956. The topological polar surface area (TPSA) is 15.3 Å². The van der Waals surface area contributed by atoms with Crippen LogP contribution in [0.15, 0.2) is 0 Å². The van der Waals surface area contributed by atoms with Gasteiger partial charge in [0.05, 0.1) is 0 Å². The second kappa shape index (κ2) is 5.53. The first-order valence-electron chi connectivity index (χ1n) is 9.34. The minimum atomic E-state index is 0.529. The standard InChI is InChI=1S/C19H36N2/c1-14(2)21-11-6-7-16(9-12-21)20-17-13-15-8-10-19(17,5)18(15,3)4/h14-17,20H,6-13H2,1-5H3. The lowest BCUT2D eigenvalue weighted by molar-refractivity contribution is 0.113. The highest BCUT2D eigenvalue weighted by atomic mass is 15.2. The largest absolute Gasteiger partial charge is 0.311 e. The van der Waals surface area contributed by atoms with Crippen LogP contribution in [0, 0.1) is 16.7 Å². The van der Waals surface area contributed by atoms with Crippen LogP contribution in [-0.4, -0.2) is 36.1 Å².